The molecule has 0 unspecified atom stereocenters. The van der Waals surface area contributed by atoms with Gasteiger partial charge in [-0.15, -0.1) is 0 Å². The van der Waals surface area contributed by atoms with Gasteiger partial charge >= 0.3 is 6.18 Å². The predicted octanol–water partition coefficient (Wildman–Crippen LogP) is 3.34. The number of alkyl halides is 3. The number of carbonyl (C=O) groups excluding carboxylic acids is 3. The molecule has 10 heteroatoms. The van der Waals surface area contributed by atoms with E-state index in [0.29, 0.717) is 19.4 Å². The van der Waals surface area contributed by atoms with Crippen molar-refractivity contribution in [3.05, 3.63) is 59.4 Å². The van der Waals surface area contributed by atoms with Crippen LogP contribution >= 0.6 is 0 Å². The van der Waals surface area contributed by atoms with Gasteiger partial charge in [0.15, 0.2) is 0 Å². The van der Waals surface area contributed by atoms with Gasteiger partial charge in [-0.3, -0.25) is 14.4 Å². The molecule has 0 spiro atoms. The van der Waals surface area contributed by atoms with Crippen LogP contribution in [-0.4, -0.2) is 30.8 Å². The van der Waals surface area contributed by atoms with Crippen molar-refractivity contribution in [2.24, 2.45) is 0 Å². The second kappa shape index (κ2) is 8.52. The van der Waals surface area contributed by atoms with Crippen LogP contribution in [0.15, 0.2) is 42.5 Å². The number of benzene rings is 2. The molecule has 3 rings (SSSR count). The Morgan fingerprint density at radius 2 is 1.77 bits per heavy atom. The average molecular weight is 423 g/mol. The van der Waals surface area contributed by atoms with E-state index in [1.54, 1.807) is 0 Å². The lowest BCUT2D eigenvalue weighted by Crippen LogP contribution is -2.33. The van der Waals surface area contributed by atoms with Crippen LogP contribution in [0.1, 0.15) is 28.8 Å². The van der Waals surface area contributed by atoms with Gasteiger partial charge in [-0.25, -0.2) is 4.39 Å². The van der Waals surface area contributed by atoms with Crippen molar-refractivity contribution in [2.75, 3.05) is 23.3 Å². The van der Waals surface area contributed by atoms with Crippen molar-refractivity contribution in [3.63, 3.8) is 0 Å². The largest absolute Gasteiger partial charge is 0.416 e. The highest BCUT2D eigenvalue weighted by Crippen LogP contribution is 2.29. The minimum Gasteiger partial charge on any atom is -0.343 e. The molecule has 1 aliphatic heterocycles. The highest BCUT2D eigenvalue weighted by atomic mass is 19.4. The highest BCUT2D eigenvalue weighted by Gasteiger charge is 2.30. The summed E-state index contributed by atoms with van der Waals surface area (Å²) in [5, 5.41) is 4.68. The van der Waals surface area contributed by atoms with E-state index in [4.69, 9.17) is 0 Å². The second-order valence-electron chi connectivity index (χ2n) is 6.62. The molecule has 0 bridgehead atoms. The van der Waals surface area contributed by atoms with Crippen molar-refractivity contribution in [1.82, 2.24) is 5.32 Å². The quantitative estimate of drug-likeness (QED) is 0.725. The minimum absolute atomic E-state index is 0.0403. The third kappa shape index (κ3) is 4.94. The number of rotatable bonds is 5. The maximum absolute atomic E-state index is 14.3. The van der Waals surface area contributed by atoms with Crippen molar-refractivity contribution in [3.8, 4) is 0 Å². The maximum atomic E-state index is 14.3. The van der Waals surface area contributed by atoms with E-state index in [1.165, 1.54) is 17.0 Å². The summed E-state index contributed by atoms with van der Waals surface area (Å²) in [6.07, 6.45) is -3.51. The fourth-order valence-electron chi connectivity index (χ4n) is 2.98. The SMILES string of the molecule is O=C(CNC(=O)c1ccc(C(F)(F)F)cc1)Nc1ccc(N2CCCC2=O)c(F)c1. The van der Waals surface area contributed by atoms with Crippen molar-refractivity contribution < 1.29 is 31.9 Å². The smallest absolute Gasteiger partial charge is 0.343 e. The van der Waals surface area contributed by atoms with E-state index in [1.807, 2.05) is 0 Å². The van der Waals surface area contributed by atoms with Crippen LogP contribution in [0.25, 0.3) is 0 Å². The van der Waals surface area contributed by atoms with E-state index in [9.17, 15) is 31.9 Å². The molecule has 0 aliphatic carbocycles. The molecule has 2 aromatic rings. The monoisotopic (exact) mass is 423 g/mol. The lowest BCUT2D eigenvalue weighted by Gasteiger charge is -2.17. The molecule has 0 radical (unpaired) electrons. The first-order valence-corrected chi connectivity index (χ1v) is 9.00. The molecule has 1 heterocycles. The summed E-state index contributed by atoms with van der Waals surface area (Å²) >= 11 is 0. The van der Waals surface area contributed by atoms with Crippen molar-refractivity contribution in [1.29, 1.82) is 0 Å². The zero-order valence-electron chi connectivity index (χ0n) is 15.6. The van der Waals surface area contributed by atoms with Crippen LogP contribution in [0, 0.1) is 5.82 Å². The number of hydrogen-bond acceptors (Lipinski definition) is 3. The Hall–Kier alpha value is -3.43. The summed E-state index contributed by atoms with van der Waals surface area (Å²) in [6, 6.07) is 7.42. The van der Waals surface area contributed by atoms with Crippen LogP contribution in [0.5, 0.6) is 0 Å². The predicted molar refractivity (Wildman–Crippen MR) is 100 cm³/mol. The third-order valence-electron chi connectivity index (χ3n) is 4.48. The Bertz CT molecular complexity index is 974. The standard InChI is InChI=1S/C20H17F4N3O3/c21-15-10-14(7-8-16(15)27-9-1-2-18(27)29)26-17(28)11-25-19(30)12-3-5-13(6-4-12)20(22,23)24/h3-8,10H,1-2,9,11H2,(H,25,30)(H,26,28). The molecule has 158 valence electrons. The fourth-order valence-corrected chi connectivity index (χ4v) is 2.98. The van der Waals surface area contributed by atoms with Gasteiger partial charge in [-0.2, -0.15) is 13.2 Å². The molecule has 2 aromatic carbocycles. The van der Waals surface area contributed by atoms with Gasteiger partial charge in [0, 0.05) is 24.2 Å². The van der Waals surface area contributed by atoms with E-state index in [0.717, 1.165) is 30.3 Å². The third-order valence-corrected chi connectivity index (χ3v) is 4.48. The van der Waals surface area contributed by atoms with Gasteiger partial charge < -0.3 is 15.5 Å². The van der Waals surface area contributed by atoms with Gasteiger partial charge in [-0.1, -0.05) is 0 Å². The molecule has 6 nitrogen and oxygen atoms in total. The normalized spacial score (nSPS) is 14.0. The number of halogens is 4. The van der Waals surface area contributed by atoms with E-state index in [2.05, 4.69) is 10.6 Å². The molecule has 3 amide bonds. The average Bonchev–Trinajstić information content (AvgIpc) is 3.11. The summed E-state index contributed by atoms with van der Waals surface area (Å²) in [6.45, 7) is -0.0364. The van der Waals surface area contributed by atoms with Gasteiger partial charge in [0.25, 0.3) is 5.91 Å². The fraction of sp³-hybridized carbons (Fsp3) is 0.250. The van der Waals surface area contributed by atoms with E-state index < -0.39 is 35.9 Å². The zero-order chi connectivity index (χ0) is 21.9. The van der Waals surface area contributed by atoms with Crippen LogP contribution in [0.3, 0.4) is 0 Å². The van der Waals surface area contributed by atoms with Crippen molar-refractivity contribution >= 4 is 29.1 Å². The van der Waals surface area contributed by atoms with Gasteiger partial charge in [0.05, 0.1) is 17.8 Å². The number of nitrogens with one attached hydrogen (secondary N) is 2. The van der Waals surface area contributed by atoms with Crippen molar-refractivity contribution in [2.45, 2.75) is 19.0 Å². The molecule has 1 fully saturated rings. The van der Waals surface area contributed by atoms with Gasteiger partial charge in [0.2, 0.25) is 11.8 Å². The number of amides is 3. The van der Waals surface area contributed by atoms with E-state index in [-0.39, 0.29) is 22.8 Å². The number of anilines is 2. The zero-order valence-corrected chi connectivity index (χ0v) is 15.6. The van der Waals surface area contributed by atoms with Crippen LogP contribution < -0.4 is 15.5 Å². The molecule has 0 saturated carbocycles. The van der Waals surface area contributed by atoms with Gasteiger partial charge in [-0.05, 0) is 48.9 Å². The first-order valence-electron chi connectivity index (χ1n) is 9.00. The first-order chi connectivity index (χ1) is 14.1. The Morgan fingerprint density at radius 1 is 1.07 bits per heavy atom. The molecule has 0 atom stereocenters. The van der Waals surface area contributed by atoms with Crippen LogP contribution in [0.4, 0.5) is 28.9 Å². The van der Waals surface area contributed by atoms with Gasteiger partial charge in [0.1, 0.15) is 5.82 Å². The molecular weight excluding hydrogens is 406 g/mol. The Balaban J connectivity index is 1.55. The molecular formula is C20H17F4N3O3. The number of hydrogen-bond donors (Lipinski definition) is 2. The van der Waals surface area contributed by atoms with Crippen LogP contribution in [-0.2, 0) is 15.8 Å². The summed E-state index contributed by atoms with van der Waals surface area (Å²) in [7, 11) is 0. The number of carbonyl (C=O) groups is 3. The summed E-state index contributed by atoms with van der Waals surface area (Å²) in [4.78, 5) is 37.0. The summed E-state index contributed by atoms with van der Waals surface area (Å²) < 4.78 is 51.9. The maximum Gasteiger partial charge on any atom is 0.416 e. The number of nitrogens with zero attached hydrogens (tertiary/aromatic N) is 1. The topological polar surface area (TPSA) is 78.5 Å². The summed E-state index contributed by atoms with van der Waals surface area (Å²) in [5.74, 6) is -2.22. The van der Waals surface area contributed by atoms with Crippen LogP contribution in [0.2, 0.25) is 0 Å². The molecule has 1 aliphatic rings. The Labute approximate surface area is 168 Å². The lowest BCUT2D eigenvalue weighted by molar-refractivity contribution is -0.137. The second-order valence-corrected chi connectivity index (χ2v) is 6.62. The molecule has 30 heavy (non-hydrogen) atoms. The minimum atomic E-state index is -4.51. The first kappa shape index (κ1) is 21.3. The lowest BCUT2D eigenvalue weighted by atomic mass is 10.1. The molecule has 0 aromatic heterocycles. The Kier molecular flexibility index (Phi) is 6.04. The highest BCUT2D eigenvalue weighted by molar-refractivity contribution is 6.00. The molecule has 1 saturated heterocycles. The summed E-state index contributed by atoms with van der Waals surface area (Å²) in [5.41, 5.74) is -0.665. The molecule has 2 N–H and O–H groups in total. The Morgan fingerprint density at radius 3 is 2.33 bits per heavy atom. The van der Waals surface area contributed by atoms with E-state index >= 15 is 0 Å².